The number of aryl methyl sites for hydroxylation is 1. The molecule has 2 aromatic heterocycles. The summed E-state index contributed by atoms with van der Waals surface area (Å²) in [6.45, 7) is 1.92. The van der Waals surface area contributed by atoms with Gasteiger partial charge >= 0.3 is 0 Å². The molecule has 0 fully saturated rings. The van der Waals surface area contributed by atoms with Gasteiger partial charge in [-0.25, -0.2) is 4.98 Å². The Labute approximate surface area is 139 Å². The van der Waals surface area contributed by atoms with Crippen LogP contribution in [0.5, 0.6) is 0 Å². The Kier molecular flexibility index (Phi) is 3.50. The van der Waals surface area contributed by atoms with Crippen molar-refractivity contribution in [1.29, 1.82) is 0 Å². The highest BCUT2D eigenvalue weighted by atomic mass is 16.3. The van der Waals surface area contributed by atoms with E-state index in [0.29, 0.717) is 5.82 Å². The number of benzene rings is 2. The fraction of sp³-hybridized carbons (Fsp3) is 0.100. The van der Waals surface area contributed by atoms with Crippen molar-refractivity contribution in [1.82, 2.24) is 4.98 Å². The third kappa shape index (κ3) is 2.52. The average molecular weight is 316 g/mol. The number of fused-ring (bicyclic) bond motifs is 3. The zero-order valence-corrected chi connectivity index (χ0v) is 13.2. The third-order valence-electron chi connectivity index (χ3n) is 4.16. The quantitative estimate of drug-likeness (QED) is 0.606. The maximum absolute atomic E-state index is 12.4. The van der Waals surface area contributed by atoms with E-state index in [2.05, 4.69) is 22.4 Å². The van der Waals surface area contributed by atoms with E-state index in [9.17, 15) is 4.79 Å². The third-order valence-corrected chi connectivity index (χ3v) is 4.16. The summed E-state index contributed by atoms with van der Waals surface area (Å²) in [6.07, 6.45) is 3.59. The summed E-state index contributed by atoms with van der Waals surface area (Å²) in [6, 6.07) is 15.9. The van der Waals surface area contributed by atoms with Crippen LogP contribution in [-0.4, -0.2) is 10.9 Å². The van der Waals surface area contributed by atoms with Crippen LogP contribution in [0.15, 0.2) is 65.4 Å². The zero-order valence-electron chi connectivity index (χ0n) is 13.2. The Hall–Kier alpha value is -3.14. The first-order valence-electron chi connectivity index (χ1n) is 7.81. The fourth-order valence-electron chi connectivity index (χ4n) is 2.97. The second-order valence-electron chi connectivity index (χ2n) is 5.81. The number of amides is 1. The molecule has 0 bridgehead atoms. The summed E-state index contributed by atoms with van der Waals surface area (Å²) < 4.78 is 5.64. The lowest BCUT2D eigenvalue weighted by molar-refractivity contribution is -0.115. The van der Waals surface area contributed by atoms with E-state index in [1.807, 2.05) is 43.3 Å². The smallest absolute Gasteiger partial charge is 0.230 e. The van der Waals surface area contributed by atoms with Crippen LogP contribution in [-0.2, 0) is 11.2 Å². The van der Waals surface area contributed by atoms with Gasteiger partial charge in [-0.15, -0.1) is 0 Å². The van der Waals surface area contributed by atoms with Gasteiger partial charge in [0.05, 0.1) is 12.7 Å². The zero-order chi connectivity index (χ0) is 16.5. The Morgan fingerprint density at radius 2 is 2.00 bits per heavy atom. The van der Waals surface area contributed by atoms with Gasteiger partial charge in [0.25, 0.3) is 0 Å². The van der Waals surface area contributed by atoms with E-state index in [4.69, 9.17) is 4.42 Å². The van der Waals surface area contributed by atoms with E-state index in [-0.39, 0.29) is 12.3 Å². The van der Waals surface area contributed by atoms with Crippen LogP contribution in [0.1, 0.15) is 11.1 Å². The average Bonchev–Trinajstić information content (AvgIpc) is 3.00. The van der Waals surface area contributed by atoms with Crippen molar-refractivity contribution in [3.8, 4) is 0 Å². The molecule has 4 heteroatoms. The summed E-state index contributed by atoms with van der Waals surface area (Å²) in [5, 5.41) is 6.10. The number of furan rings is 1. The van der Waals surface area contributed by atoms with Crippen molar-refractivity contribution in [2.75, 3.05) is 5.32 Å². The number of pyridine rings is 1. The molecule has 4 rings (SSSR count). The van der Waals surface area contributed by atoms with Crippen LogP contribution < -0.4 is 5.32 Å². The van der Waals surface area contributed by atoms with Gasteiger partial charge in [0.15, 0.2) is 0 Å². The number of rotatable bonds is 3. The molecule has 0 aliphatic heterocycles. The van der Waals surface area contributed by atoms with E-state index in [1.54, 1.807) is 12.5 Å². The summed E-state index contributed by atoms with van der Waals surface area (Å²) in [7, 11) is 0. The molecule has 0 saturated carbocycles. The van der Waals surface area contributed by atoms with Crippen LogP contribution in [0.3, 0.4) is 0 Å². The molecule has 24 heavy (non-hydrogen) atoms. The van der Waals surface area contributed by atoms with Crippen LogP contribution >= 0.6 is 0 Å². The number of carbonyl (C=O) groups excluding carboxylic acids is 1. The molecular formula is C20H16N2O2. The number of nitrogens with one attached hydrogen (secondary N) is 1. The lowest BCUT2D eigenvalue weighted by Gasteiger charge is -2.06. The molecule has 0 unspecified atom stereocenters. The number of nitrogens with zero attached hydrogens (tertiary/aromatic N) is 1. The van der Waals surface area contributed by atoms with Crippen molar-refractivity contribution in [2.45, 2.75) is 13.3 Å². The molecule has 1 amide bonds. The molecule has 0 radical (unpaired) electrons. The first-order valence-corrected chi connectivity index (χ1v) is 7.81. The minimum atomic E-state index is -0.104. The molecule has 1 N–H and O–H groups in total. The van der Waals surface area contributed by atoms with E-state index >= 15 is 0 Å². The summed E-state index contributed by atoms with van der Waals surface area (Å²) >= 11 is 0. The predicted molar refractivity (Wildman–Crippen MR) is 95.0 cm³/mol. The second-order valence-corrected chi connectivity index (χ2v) is 5.81. The maximum atomic E-state index is 12.4. The fourth-order valence-corrected chi connectivity index (χ4v) is 2.97. The lowest BCUT2D eigenvalue weighted by atomic mass is 10.0. The van der Waals surface area contributed by atoms with Crippen LogP contribution in [0, 0.1) is 6.92 Å². The van der Waals surface area contributed by atoms with Gasteiger partial charge in [-0.2, -0.15) is 0 Å². The van der Waals surface area contributed by atoms with Crippen LogP contribution in [0.4, 0.5) is 5.82 Å². The predicted octanol–water partition coefficient (Wildman–Crippen LogP) is 4.47. The van der Waals surface area contributed by atoms with Gasteiger partial charge in [0, 0.05) is 17.1 Å². The summed E-state index contributed by atoms with van der Waals surface area (Å²) in [5.74, 6) is 0.493. The molecule has 4 nitrogen and oxygen atoms in total. The monoisotopic (exact) mass is 316 g/mol. The first kappa shape index (κ1) is 14.5. The second kappa shape index (κ2) is 5.81. The number of aromatic nitrogens is 1. The molecule has 118 valence electrons. The van der Waals surface area contributed by atoms with Crippen molar-refractivity contribution in [3.05, 3.63) is 72.1 Å². The first-order chi connectivity index (χ1) is 11.7. The van der Waals surface area contributed by atoms with Crippen LogP contribution in [0.2, 0.25) is 0 Å². The van der Waals surface area contributed by atoms with Gasteiger partial charge in [0.2, 0.25) is 5.91 Å². The van der Waals surface area contributed by atoms with Crippen LogP contribution in [0.25, 0.3) is 21.7 Å². The number of hydrogen-bond acceptors (Lipinski definition) is 3. The van der Waals surface area contributed by atoms with Crippen molar-refractivity contribution in [2.24, 2.45) is 0 Å². The van der Waals surface area contributed by atoms with E-state index in [0.717, 1.165) is 32.9 Å². The topological polar surface area (TPSA) is 55.1 Å². The molecule has 0 aliphatic carbocycles. The lowest BCUT2D eigenvalue weighted by Crippen LogP contribution is -2.15. The molecule has 0 saturated heterocycles. The molecule has 0 aliphatic rings. The number of anilines is 1. The summed E-state index contributed by atoms with van der Waals surface area (Å²) in [4.78, 5) is 16.6. The SMILES string of the molecule is Cc1cccnc1NC(=O)Cc1coc2ccc3ccccc3c12. The van der Waals surface area contributed by atoms with Gasteiger partial charge in [-0.3, -0.25) is 4.79 Å². The van der Waals surface area contributed by atoms with Crippen molar-refractivity contribution >= 4 is 33.5 Å². The van der Waals surface area contributed by atoms with Gasteiger partial charge in [-0.1, -0.05) is 36.4 Å². The van der Waals surface area contributed by atoms with Gasteiger partial charge in [-0.05, 0) is 35.4 Å². The normalized spacial score (nSPS) is 11.0. The molecule has 2 heterocycles. The largest absolute Gasteiger partial charge is 0.464 e. The highest BCUT2D eigenvalue weighted by molar-refractivity contribution is 6.08. The Balaban J connectivity index is 1.68. The molecule has 2 aromatic carbocycles. The van der Waals surface area contributed by atoms with Crippen molar-refractivity contribution < 1.29 is 9.21 Å². The van der Waals surface area contributed by atoms with Crippen molar-refractivity contribution in [3.63, 3.8) is 0 Å². The molecule has 4 aromatic rings. The Morgan fingerprint density at radius 3 is 2.88 bits per heavy atom. The number of carbonyl (C=O) groups is 1. The highest BCUT2D eigenvalue weighted by Crippen LogP contribution is 2.30. The maximum Gasteiger partial charge on any atom is 0.230 e. The van der Waals surface area contributed by atoms with E-state index < -0.39 is 0 Å². The standard InChI is InChI=1S/C20H16N2O2/c1-13-5-4-10-21-20(13)22-18(23)11-15-12-24-17-9-8-14-6-2-3-7-16(14)19(15)17/h2-10,12H,11H2,1H3,(H,21,22,23). The summed E-state index contributed by atoms with van der Waals surface area (Å²) in [5.41, 5.74) is 2.62. The highest BCUT2D eigenvalue weighted by Gasteiger charge is 2.14. The molecule has 0 atom stereocenters. The van der Waals surface area contributed by atoms with Gasteiger partial charge in [0.1, 0.15) is 11.4 Å². The minimum absolute atomic E-state index is 0.104. The Bertz CT molecular complexity index is 1050. The van der Waals surface area contributed by atoms with Gasteiger partial charge < -0.3 is 9.73 Å². The number of hydrogen-bond donors (Lipinski definition) is 1. The molecular weight excluding hydrogens is 300 g/mol. The minimum Gasteiger partial charge on any atom is -0.464 e. The molecule has 0 spiro atoms. The van der Waals surface area contributed by atoms with E-state index in [1.165, 1.54) is 0 Å². The Morgan fingerprint density at radius 1 is 1.12 bits per heavy atom.